The fraction of sp³-hybridized carbons (Fsp3) is 0.417. The van der Waals surface area contributed by atoms with E-state index >= 15 is 0 Å². The number of piperidine rings is 1. The molecule has 0 bridgehead atoms. The van der Waals surface area contributed by atoms with Crippen LogP contribution in [0.25, 0.3) is 11.0 Å². The van der Waals surface area contributed by atoms with Crippen LogP contribution < -0.4 is 15.4 Å². The number of β-amino-alcohol motifs (C(OH)–C–C–N with tert-alkyl or cyclic N) is 1. The van der Waals surface area contributed by atoms with Gasteiger partial charge in [0.2, 0.25) is 11.8 Å². The summed E-state index contributed by atoms with van der Waals surface area (Å²) in [7, 11) is 1.53. The molecule has 5 rings (SSSR count). The summed E-state index contributed by atoms with van der Waals surface area (Å²) in [6.07, 6.45) is 1.88. The molecule has 0 aromatic carbocycles. The van der Waals surface area contributed by atoms with Gasteiger partial charge in [-0.05, 0) is 37.6 Å². The quantitative estimate of drug-likeness (QED) is 0.450. The molecule has 35 heavy (non-hydrogen) atoms. The number of nitrogens with one attached hydrogen (secondary N) is 2. The number of aromatic nitrogens is 3. The number of likely N-dealkylation sites (tertiary alicyclic amines) is 1. The van der Waals surface area contributed by atoms with Gasteiger partial charge in [-0.2, -0.15) is 0 Å². The number of halogens is 1. The Bertz CT molecular complexity index is 1250. The first-order valence-corrected chi connectivity index (χ1v) is 12.5. The van der Waals surface area contributed by atoms with Crippen LogP contribution in [0.2, 0.25) is 0 Å². The van der Waals surface area contributed by atoms with Gasteiger partial charge in [-0.1, -0.05) is 0 Å². The lowest BCUT2D eigenvalue weighted by Crippen LogP contribution is -2.52. The molecule has 1 fully saturated rings. The molecule has 11 heteroatoms. The van der Waals surface area contributed by atoms with Gasteiger partial charge in [0.05, 0.1) is 46.8 Å². The third-order valence-electron chi connectivity index (χ3n) is 6.37. The van der Waals surface area contributed by atoms with Crippen molar-refractivity contribution in [3.05, 3.63) is 47.5 Å². The topological polar surface area (TPSA) is 112 Å². The average molecular weight is 499 g/mol. The minimum absolute atomic E-state index is 0.0440. The van der Waals surface area contributed by atoms with Crippen LogP contribution >= 0.6 is 11.8 Å². The maximum Gasteiger partial charge on any atom is 0.235 e. The van der Waals surface area contributed by atoms with Crippen molar-refractivity contribution in [2.45, 2.75) is 36.4 Å². The van der Waals surface area contributed by atoms with E-state index in [9.17, 15) is 14.3 Å². The van der Waals surface area contributed by atoms with Crippen molar-refractivity contribution in [1.29, 1.82) is 0 Å². The van der Waals surface area contributed by atoms with Crippen molar-refractivity contribution in [3.63, 3.8) is 0 Å². The van der Waals surface area contributed by atoms with Crippen LogP contribution in [0.4, 0.5) is 10.2 Å². The lowest BCUT2D eigenvalue weighted by molar-refractivity contribution is -0.113. The van der Waals surface area contributed by atoms with E-state index in [0.29, 0.717) is 60.1 Å². The lowest BCUT2D eigenvalue weighted by atomic mass is 10.0. The van der Waals surface area contributed by atoms with E-state index in [-0.39, 0.29) is 17.8 Å². The molecule has 2 aliphatic rings. The first-order chi connectivity index (χ1) is 17.0. The minimum atomic E-state index is -0.561. The number of hydrogen-bond acceptors (Lipinski definition) is 9. The molecule has 184 valence electrons. The number of rotatable bonds is 7. The van der Waals surface area contributed by atoms with Gasteiger partial charge >= 0.3 is 0 Å². The highest BCUT2D eigenvalue weighted by Gasteiger charge is 2.28. The molecule has 2 aliphatic heterocycles. The number of fused-ring (bicyclic) bond motifs is 2. The third-order valence-corrected chi connectivity index (χ3v) is 7.42. The number of amides is 1. The molecular formula is C24H27FN6O3S. The van der Waals surface area contributed by atoms with E-state index in [1.807, 2.05) is 12.1 Å². The molecule has 3 aromatic rings. The van der Waals surface area contributed by atoms with E-state index in [2.05, 4.69) is 30.5 Å². The first kappa shape index (κ1) is 23.9. The van der Waals surface area contributed by atoms with Gasteiger partial charge < -0.3 is 25.4 Å². The van der Waals surface area contributed by atoms with Crippen molar-refractivity contribution in [3.8, 4) is 5.88 Å². The molecule has 1 amide bonds. The molecule has 0 saturated carbocycles. The van der Waals surface area contributed by atoms with Crippen molar-refractivity contribution >= 4 is 34.5 Å². The smallest absolute Gasteiger partial charge is 0.235 e. The SMILES string of the molecule is COc1ccc2ncc(F)c(CCN3CCC(NCc4ccc5c(n4)NC(=O)CS5)C(O)C3)c2n1. The minimum Gasteiger partial charge on any atom is -0.481 e. The summed E-state index contributed by atoms with van der Waals surface area (Å²) in [4.78, 5) is 27.8. The number of hydrogen-bond donors (Lipinski definition) is 3. The second kappa shape index (κ2) is 10.4. The van der Waals surface area contributed by atoms with E-state index in [1.165, 1.54) is 25.1 Å². The van der Waals surface area contributed by atoms with E-state index in [1.54, 1.807) is 12.1 Å². The van der Waals surface area contributed by atoms with Crippen molar-refractivity contribution in [1.82, 2.24) is 25.2 Å². The van der Waals surface area contributed by atoms with E-state index in [0.717, 1.165) is 23.6 Å². The van der Waals surface area contributed by atoms with Gasteiger partial charge in [-0.3, -0.25) is 9.78 Å². The summed E-state index contributed by atoms with van der Waals surface area (Å²) in [6, 6.07) is 7.32. The Kier molecular flexibility index (Phi) is 7.09. The number of aliphatic hydroxyl groups excluding tert-OH is 1. The summed E-state index contributed by atoms with van der Waals surface area (Å²) < 4.78 is 19.8. The van der Waals surface area contributed by atoms with Crippen LogP contribution in [0.1, 0.15) is 17.7 Å². The monoisotopic (exact) mass is 498 g/mol. The molecule has 2 atom stereocenters. The predicted molar refractivity (Wildman–Crippen MR) is 131 cm³/mol. The van der Waals surface area contributed by atoms with Crippen molar-refractivity contribution in [2.24, 2.45) is 0 Å². The molecule has 5 heterocycles. The number of aliphatic hydroxyl groups is 1. The molecule has 9 nitrogen and oxygen atoms in total. The third kappa shape index (κ3) is 5.37. The first-order valence-electron chi connectivity index (χ1n) is 11.5. The Morgan fingerprint density at radius 2 is 2.20 bits per heavy atom. The Morgan fingerprint density at radius 3 is 3.03 bits per heavy atom. The maximum absolute atomic E-state index is 14.6. The highest BCUT2D eigenvalue weighted by Crippen LogP contribution is 2.29. The van der Waals surface area contributed by atoms with Crippen LogP contribution in [0.15, 0.2) is 35.4 Å². The second-order valence-corrected chi connectivity index (χ2v) is 9.70. The van der Waals surface area contributed by atoms with E-state index < -0.39 is 6.10 Å². The Labute approximate surface area is 206 Å². The summed E-state index contributed by atoms with van der Waals surface area (Å²) in [5, 5.41) is 16.9. The van der Waals surface area contributed by atoms with Crippen molar-refractivity contribution < 1.29 is 19.0 Å². The zero-order chi connectivity index (χ0) is 24.4. The highest BCUT2D eigenvalue weighted by molar-refractivity contribution is 8.00. The van der Waals surface area contributed by atoms with Gasteiger partial charge in [0.15, 0.2) is 0 Å². The van der Waals surface area contributed by atoms with Crippen LogP contribution in [0.3, 0.4) is 0 Å². The Balaban J connectivity index is 1.16. The summed E-state index contributed by atoms with van der Waals surface area (Å²) in [5.74, 6) is 0.998. The van der Waals surface area contributed by atoms with E-state index in [4.69, 9.17) is 4.74 Å². The molecular weight excluding hydrogens is 471 g/mol. The van der Waals surface area contributed by atoms with Crippen LogP contribution in [0.5, 0.6) is 5.88 Å². The van der Waals surface area contributed by atoms with Crippen molar-refractivity contribution in [2.75, 3.05) is 37.8 Å². The molecule has 1 saturated heterocycles. The molecule has 0 radical (unpaired) electrons. The van der Waals surface area contributed by atoms with Crippen LogP contribution in [0, 0.1) is 5.82 Å². The van der Waals surface area contributed by atoms with Crippen LogP contribution in [-0.2, 0) is 17.8 Å². The number of carbonyl (C=O) groups is 1. The molecule has 0 aliphatic carbocycles. The summed E-state index contributed by atoms with van der Waals surface area (Å²) >= 11 is 1.48. The fourth-order valence-electron chi connectivity index (χ4n) is 4.48. The summed E-state index contributed by atoms with van der Waals surface area (Å²) in [5.41, 5.74) is 2.45. The summed E-state index contributed by atoms with van der Waals surface area (Å²) in [6.45, 7) is 2.36. The van der Waals surface area contributed by atoms with Crippen LogP contribution in [-0.4, -0.2) is 75.5 Å². The molecule has 0 spiro atoms. The number of thioether (sulfide) groups is 1. The molecule has 3 N–H and O–H groups in total. The zero-order valence-electron chi connectivity index (χ0n) is 19.3. The van der Waals surface area contributed by atoms with Gasteiger partial charge in [-0.25, -0.2) is 14.4 Å². The normalized spacial score (nSPS) is 20.5. The standard InChI is InChI=1S/C24H27FN6O3S/c1-34-22-5-3-18-23(30-22)15(16(25)11-27-18)6-8-31-9-7-17(19(32)12-31)26-10-14-2-4-20-24(28-14)29-21(33)13-35-20/h2-5,11,17,19,26,32H,6-10,12-13H2,1H3,(H,28,29,33). The predicted octanol–water partition coefficient (Wildman–Crippen LogP) is 1.98. The lowest BCUT2D eigenvalue weighted by Gasteiger charge is -2.36. The Morgan fingerprint density at radius 1 is 1.31 bits per heavy atom. The number of methoxy groups -OCH3 is 1. The Hall–Kier alpha value is -2.86. The largest absolute Gasteiger partial charge is 0.481 e. The number of carbonyl (C=O) groups excluding carboxylic acids is 1. The number of ether oxygens (including phenoxy) is 1. The van der Waals surface area contributed by atoms with Gasteiger partial charge in [-0.15, -0.1) is 11.8 Å². The number of nitrogens with zero attached hydrogens (tertiary/aromatic N) is 4. The average Bonchev–Trinajstić information content (AvgIpc) is 2.87. The van der Waals surface area contributed by atoms with Gasteiger partial charge in [0, 0.05) is 37.3 Å². The van der Waals surface area contributed by atoms with Gasteiger partial charge in [0.25, 0.3) is 0 Å². The second-order valence-electron chi connectivity index (χ2n) is 8.69. The number of anilines is 1. The maximum atomic E-state index is 14.6. The molecule has 2 unspecified atom stereocenters. The zero-order valence-corrected chi connectivity index (χ0v) is 20.1. The highest BCUT2D eigenvalue weighted by atomic mass is 32.2. The fourth-order valence-corrected chi connectivity index (χ4v) is 5.23. The van der Waals surface area contributed by atoms with Gasteiger partial charge in [0.1, 0.15) is 11.6 Å². The molecule has 3 aromatic heterocycles. The number of pyridine rings is 3.